The van der Waals surface area contributed by atoms with Crippen molar-refractivity contribution in [1.82, 2.24) is 0 Å². The Morgan fingerprint density at radius 1 is 0.426 bits per heavy atom. The summed E-state index contributed by atoms with van der Waals surface area (Å²) in [5.41, 5.74) is 2.78. The van der Waals surface area contributed by atoms with Crippen LogP contribution in [0.15, 0.2) is 119 Å². The van der Waals surface area contributed by atoms with Crippen molar-refractivity contribution >= 4 is 35.7 Å². The molecule has 0 saturated heterocycles. The van der Waals surface area contributed by atoms with Crippen molar-refractivity contribution in [1.29, 1.82) is 0 Å². The normalized spacial score (nSPS) is 11.4. The maximum atomic E-state index is 14.8. The van der Waals surface area contributed by atoms with E-state index in [1.807, 2.05) is 0 Å². The fraction of sp³-hybridized carbons (Fsp3) is 0.414. The lowest BCUT2D eigenvalue weighted by atomic mass is 10.1. The standard InChI is InChI=1S/C58H70F2N2O6/c1-3-5-7-9-11-13-15-17-19-23-39-65-53-37-35-49(41-51(53)59)61-43-45-27-31-47(32-28-45)57(63)67-55-25-21-22-26-56(55)68-58(64)48-33-29-46(30-34-48)44-62-50-36-38-54(52(60)42-50)66-40-24-20-18-16-14-12-10-8-6-4-2/h21-22,25-38,41-44H,3-20,23-24,39-40H2,1-2H3. The summed E-state index contributed by atoms with van der Waals surface area (Å²) in [7, 11) is 0. The zero-order valence-corrected chi connectivity index (χ0v) is 40.2. The second-order valence-corrected chi connectivity index (χ2v) is 17.3. The van der Waals surface area contributed by atoms with Crippen LogP contribution in [0.5, 0.6) is 23.0 Å². The number of carbonyl (C=O) groups excluding carboxylic acids is 2. The van der Waals surface area contributed by atoms with Crippen LogP contribution in [0.25, 0.3) is 0 Å². The van der Waals surface area contributed by atoms with E-state index in [4.69, 9.17) is 18.9 Å². The van der Waals surface area contributed by atoms with Crippen LogP contribution in [0.2, 0.25) is 0 Å². The lowest BCUT2D eigenvalue weighted by Crippen LogP contribution is -2.12. The SMILES string of the molecule is CCCCCCCCCCCCOc1ccc(N=Cc2ccc(C(=O)Oc3ccccc3OC(=O)c3ccc(C=Nc4ccc(OCCCCCCCCCCCC)c(F)c4)cc3)cc2)cc1F. The molecule has 0 unspecified atom stereocenters. The monoisotopic (exact) mass is 929 g/mol. The van der Waals surface area contributed by atoms with Gasteiger partial charge in [0, 0.05) is 24.6 Å². The van der Waals surface area contributed by atoms with Gasteiger partial charge in [-0.3, -0.25) is 9.98 Å². The molecule has 0 saturated carbocycles. The summed E-state index contributed by atoms with van der Waals surface area (Å²) in [5.74, 6) is -1.66. The van der Waals surface area contributed by atoms with Gasteiger partial charge in [0.15, 0.2) is 34.6 Å². The van der Waals surface area contributed by atoms with Crippen LogP contribution in [0.1, 0.15) is 174 Å². The van der Waals surface area contributed by atoms with Crippen LogP contribution in [0.3, 0.4) is 0 Å². The molecular weight excluding hydrogens is 859 g/mol. The van der Waals surface area contributed by atoms with Gasteiger partial charge in [-0.2, -0.15) is 0 Å². The summed E-state index contributed by atoms with van der Waals surface area (Å²) >= 11 is 0. The van der Waals surface area contributed by atoms with E-state index in [2.05, 4.69) is 23.8 Å². The summed E-state index contributed by atoms with van der Waals surface area (Å²) in [5, 5.41) is 0. The van der Waals surface area contributed by atoms with Crippen molar-refractivity contribution in [2.75, 3.05) is 13.2 Å². The Morgan fingerprint density at radius 2 is 0.765 bits per heavy atom. The minimum atomic E-state index is -0.650. The number of nitrogens with zero attached hydrogens (tertiary/aromatic N) is 2. The maximum absolute atomic E-state index is 14.8. The predicted molar refractivity (Wildman–Crippen MR) is 271 cm³/mol. The number of hydrogen-bond acceptors (Lipinski definition) is 8. The van der Waals surface area contributed by atoms with Gasteiger partial charge in [0.1, 0.15) is 0 Å². The lowest BCUT2D eigenvalue weighted by molar-refractivity contribution is 0.0682. The molecule has 10 heteroatoms. The highest BCUT2D eigenvalue weighted by molar-refractivity contribution is 5.94. The van der Waals surface area contributed by atoms with Gasteiger partial charge in [-0.05, 0) is 84.6 Å². The first-order valence-corrected chi connectivity index (χ1v) is 25.0. The zero-order chi connectivity index (χ0) is 48.0. The molecule has 0 amide bonds. The number of ether oxygens (including phenoxy) is 4. The molecule has 0 heterocycles. The number of aliphatic imine (C=N–C) groups is 2. The molecule has 362 valence electrons. The third-order valence-electron chi connectivity index (χ3n) is 11.6. The van der Waals surface area contributed by atoms with Gasteiger partial charge < -0.3 is 18.9 Å². The van der Waals surface area contributed by atoms with Crippen molar-refractivity contribution in [3.8, 4) is 23.0 Å². The van der Waals surface area contributed by atoms with Crippen molar-refractivity contribution in [2.45, 2.75) is 142 Å². The van der Waals surface area contributed by atoms with E-state index in [0.29, 0.717) is 35.7 Å². The van der Waals surface area contributed by atoms with Gasteiger partial charge in [-0.25, -0.2) is 18.4 Å². The molecule has 0 N–H and O–H groups in total. The number of halogens is 2. The molecule has 0 spiro atoms. The molecule has 5 aromatic carbocycles. The molecule has 0 aromatic heterocycles. The van der Waals surface area contributed by atoms with E-state index in [0.717, 1.165) is 25.7 Å². The summed E-state index contributed by atoms with van der Waals surface area (Å²) in [6.07, 6.45) is 27.7. The van der Waals surface area contributed by atoms with Crippen LogP contribution in [-0.2, 0) is 0 Å². The smallest absolute Gasteiger partial charge is 0.343 e. The van der Waals surface area contributed by atoms with Crippen molar-refractivity contribution in [3.05, 3.63) is 143 Å². The lowest BCUT2D eigenvalue weighted by Gasteiger charge is -2.11. The molecule has 8 nitrogen and oxygen atoms in total. The first-order chi connectivity index (χ1) is 33.3. The molecule has 5 rings (SSSR count). The van der Waals surface area contributed by atoms with Crippen molar-refractivity contribution in [3.63, 3.8) is 0 Å². The number of rotatable bonds is 32. The Hall–Kier alpha value is -6.16. The Bertz CT molecular complexity index is 2150. The van der Waals surface area contributed by atoms with Gasteiger partial charge >= 0.3 is 11.9 Å². The van der Waals surface area contributed by atoms with E-state index < -0.39 is 23.6 Å². The molecular formula is C58H70F2N2O6. The summed E-state index contributed by atoms with van der Waals surface area (Å²) in [4.78, 5) is 35.1. The quantitative estimate of drug-likeness (QED) is 0.0184. The highest BCUT2D eigenvalue weighted by Gasteiger charge is 2.16. The molecule has 0 fully saturated rings. The van der Waals surface area contributed by atoms with E-state index in [1.165, 1.54) is 127 Å². The van der Waals surface area contributed by atoms with Gasteiger partial charge in [0.2, 0.25) is 0 Å². The molecule has 0 aliphatic heterocycles. The Balaban J connectivity index is 1.02. The van der Waals surface area contributed by atoms with E-state index in [-0.39, 0.29) is 34.1 Å². The van der Waals surface area contributed by atoms with Crippen LogP contribution < -0.4 is 18.9 Å². The van der Waals surface area contributed by atoms with E-state index in [1.54, 1.807) is 97.4 Å². The minimum Gasteiger partial charge on any atom is -0.491 e. The van der Waals surface area contributed by atoms with Crippen LogP contribution in [-0.4, -0.2) is 37.6 Å². The van der Waals surface area contributed by atoms with Crippen molar-refractivity contribution in [2.24, 2.45) is 9.98 Å². The minimum absolute atomic E-state index is 0.0700. The molecule has 0 atom stereocenters. The molecule has 0 radical (unpaired) electrons. The number of esters is 2. The Morgan fingerprint density at radius 3 is 1.10 bits per heavy atom. The zero-order valence-electron chi connectivity index (χ0n) is 40.2. The number of para-hydroxylation sites is 2. The van der Waals surface area contributed by atoms with Gasteiger partial charge in [0.25, 0.3) is 0 Å². The fourth-order valence-electron chi connectivity index (χ4n) is 7.56. The summed E-state index contributed by atoms with van der Waals surface area (Å²) in [6, 6.07) is 28.8. The highest BCUT2D eigenvalue weighted by atomic mass is 19.1. The highest BCUT2D eigenvalue weighted by Crippen LogP contribution is 2.29. The largest absolute Gasteiger partial charge is 0.491 e. The second-order valence-electron chi connectivity index (χ2n) is 17.3. The summed E-state index contributed by atoms with van der Waals surface area (Å²) < 4.78 is 52.2. The summed E-state index contributed by atoms with van der Waals surface area (Å²) in [6.45, 7) is 5.43. The van der Waals surface area contributed by atoms with Crippen LogP contribution in [0, 0.1) is 11.6 Å². The van der Waals surface area contributed by atoms with Gasteiger partial charge in [-0.1, -0.05) is 166 Å². The van der Waals surface area contributed by atoms with Gasteiger partial charge in [-0.15, -0.1) is 0 Å². The average molecular weight is 929 g/mol. The Labute approximate surface area is 403 Å². The second kappa shape index (κ2) is 31.0. The maximum Gasteiger partial charge on any atom is 0.343 e. The molecule has 68 heavy (non-hydrogen) atoms. The van der Waals surface area contributed by atoms with E-state index in [9.17, 15) is 18.4 Å². The molecule has 0 aliphatic carbocycles. The first kappa shape index (κ1) is 52.8. The number of hydrogen-bond donors (Lipinski definition) is 0. The van der Waals surface area contributed by atoms with Gasteiger partial charge in [0.05, 0.1) is 35.7 Å². The average Bonchev–Trinajstić information content (AvgIpc) is 3.35. The van der Waals surface area contributed by atoms with Crippen LogP contribution in [0.4, 0.5) is 20.2 Å². The van der Waals surface area contributed by atoms with Crippen LogP contribution >= 0.6 is 0 Å². The molecule has 0 bridgehead atoms. The number of benzene rings is 5. The third kappa shape index (κ3) is 19.6. The first-order valence-electron chi connectivity index (χ1n) is 25.0. The Kier molecular flexibility index (Phi) is 24.1. The predicted octanol–water partition coefficient (Wildman–Crippen LogP) is 16.5. The van der Waals surface area contributed by atoms with Crippen molar-refractivity contribution < 1.29 is 37.3 Å². The topological polar surface area (TPSA) is 95.8 Å². The van der Waals surface area contributed by atoms with E-state index >= 15 is 0 Å². The molecule has 0 aliphatic rings. The third-order valence-corrected chi connectivity index (χ3v) is 11.6. The molecule has 5 aromatic rings. The number of carbonyl (C=O) groups is 2. The fourth-order valence-corrected chi connectivity index (χ4v) is 7.56. The number of unbranched alkanes of at least 4 members (excludes halogenated alkanes) is 18.